The van der Waals surface area contributed by atoms with Crippen molar-refractivity contribution >= 4 is 0 Å². The van der Waals surface area contributed by atoms with Crippen LogP contribution in [-0.4, -0.2) is 37.7 Å². The number of hydrogen-bond acceptors (Lipinski definition) is 3. The normalized spacial score (nSPS) is 17.6. The Labute approximate surface area is 129 Å². The van der Waals surface area contributed by atoms with Crippen LogP contribution in [0.2, 0.25) is 0 Å². The lowest BCUT2D eigenvalue weighted by Gasteiger charge is -2.35. The summed E-state index contributed by atoms with van der Waals surface area (Å²) < 4.78 is 5.56. The molecule has 0 radical (unpaired) electrons. The highest BCUT2D eigenvalue weighted by Gasteiger charge is 2.21. The van der Waals surface area contributed by atoms with Crippen molar-refractivity contribution in [3.05, 3.63) is 29.8 Å². The molecule has 1 saturated heterocycles. The molecular formula is C18H30N2O. The second kappa shape index (κ2) is 9.06. The van der Waals surface area contributed by atoms with E-state index in [1.165, 1.54) is 31.2 Å². The fourth-order valence-corrected chi connectivity index (χ4v) is 3.09. The van der Waals surface area contributed by atoms with Gasteiger partial charge in [-0.1, -0.05) is 38.3 Å². The maximum absolute atomic E-state index is 5.56. The molecule has 0 aliphatic carbocycles. The molecule has 0 spiro atoms. The minimum absolute atomic E-state index is 0.564. The Kier molecular flexibility index (Phi) is 7.04. The second-order valence-corrected chi connectivity index (χ2v) is 5.80. The summed E-state index contributed by atoms with van der Waals surface area (Å²) in [5, 5.41) is 3.45. The molecular weight excluding hydrogens is 260 g/mol. The molecule has 0 amide bonds. The number of unbranched alkanes of at least 4 members (excludes halogenated alkanes) is 2. The summed E-state index contributed by atoms with van der Waals surface area (Å²) in [6, 6.07) is 9.31. The van der Waals surface area contributed by atoms with Gasteiger partial charge in [0.2, 0.25) is 0 Å². The quantitative estimate of drug-likeness (QED) is 0.740. The number of nitrogens with zero attached hydrogens (tertiary/aromatic N) is 1. The first-order valence-electron chi connectivity index (χ1n) is 8.52. The topological polar surface area (TPSA) is 24.5 Å². The zero-order chi connectivity index (χ0) is 14.9. The first kappa shape index (κ1) is 16.3. The summed E-state index contributed by atoms with van der Waals surface area (Å²) in [5.74, 6) is 0.980. The van der Waals surface area contributed by atoms with E-state index in [4.69, 9.17) is 4.74 Å². The van der Waals surface area contributed by atoms with Gasteiger partial charge in [0.25, 0.3) is 0 Å². The predicted octanol–water partition coefficient (Wildman–Crippen LogP) is 3.61. The van der Waals surface area contributed by atoms with Crippen LogP contribution in [0.1, 0.15) is 51.1 Å². The van der Waals surface area contributed by atoms with Crippen molar-refractivity contribution in [2.75, 3.05) is 32.8 Å². The van der Waals surface area contributed by atoms with Gasteiger partial charge in [-0.2, -0.15) is 0 Å². The Morgan fingerprint density at radius 1 is 1.10 bits per heavy atom. The summed E-state index contributed by atoms with van der Waals surface area (Å²) in [7, 11) is 0. The number of hydrogen-bond donors (Lipinski definition) is 1. The van der Waals surface area contributed by atoms with Gasteiger partial charge in [0.15, 0.2) is 0 Å². The van der Waals surface area contributed by atoms with Gasteiger partial charge in [0.05, 0.1) is 6.61 Å². The lowest BCUT2D eigenvalue weighted by Crippen LogP contribution is -2.45. The van der Waals surface area contributed by atoms with Crippen LogP contribution < -0.4 is 10.1 Å². The molecule has 3 heteroatoms. The van der Waals surface area contributed by atoms with Gasteiger partial charge in [0, 0.05) is 32.2 Å². The first-order valence-corrected chi connectivity index (χ1v) is 8.52. The van der Waals surface area contributed by atoms with Crippen molar-refractivity contribution in [2.24, 2.45) is 0 Å². The van der Waals surface area contributed by atoms with E-state index in [1.807, 2.05) is 6.92 Å². The molecule has 3 nitrogen and oxygen atoms in total. The highest BCUT2D eigenvalue weighted by Crippen LogP contribution is 2.28. The zero-order valence-electron chi connectivity index (χ0n) is 13.6. The van der Waals surface area contributed by atoms with Crippen LogP contribution in [0, 0.1) is 0 Å². The molecule has 1 aliphatic rings. The molecule has 1 N–H and O–H groups in total. The fraction of sp³-hybridized carbons (Fsp3) is 0.667. The summed E-state index contributed by atoms with van der Waals surface area (Å²) in [6.07, 6.45) is 5.21. The third-order valence-electron chi connectivity index (χ3n) is 4.25. The maximum atomic E-state index is 5.56. The molecule has 118 valence electrons. The predicted molar refractivity (Wildman–Crippen MR) is 88.9 cm³/mol. The standard InChI is InChI=1S/C18H30N2O/c1-3-5-6-7-18(20-14-12-19-13-15-20)16-8-10-17(11-9-16)21-4-2/h8-11,18-19H,3-7,12-15H2,1-2H3/t18-/m1/s1. The second-order valence-electron chi connectivity index (χ2n) is 5.80. The van der Waals surface area contributed by atoms with E-state index in [0.717, 1.165) is 38.5 Å². The van der Waals surface area contributed by atoms with Crippen molar-refractivity contribution in [1.82, 2.24) is 10.2 Å². The zero-order valence-corrected chi connectivity index (χ0v) is 13.6. The largest absolute Gasteiger partial charge is 0.494 e. The van der Waals surface area contributed by atoms with Crippen molar-refractivity contribution < 1.29 is 4.74 Å². The molecule has 0 aromatic heterocycles. The molecule has 1 fully saturated rings. The van der Waals surface area contributed by atoms with E-state index in [-0.39, 0.29) is 0 Å². The molecule has 1 aromatic carbocycles. The van der Waals surface area contributed by atoms with Crippen LogP contribution in [0.5, 0.6) is 5.75 Å². The van der Waals surface area contributed by atoms with Gasteiger partial charge in [-0.05, 0) is 31.0 Å². The fourth-order valence-electron chi connectivity index (χ4n) is 3.09. The Balaban J connectivity index is 2.05. The SMILES string of the molecule is CCCCC[C@H](c1ccc(OCC)cc1)N1CCNCC1. The van der Waals surface area contributed by atoms with Gasteiger partial charge >= 0.3 is 0 Å². The first-order chi connectivity index (χ1) is 10.3. The van der Waals surface area contributed by atoms with E-state index in [9.17, 15) is 0 Å². The Hall–Kier alpha value is -1.06. The summed E-state index contributed by atoms with van der Waals surface area (Å²) in [5.41, 5.74) is 1.44. The summed E-state index contributed by atoms with van der Waals surface area (Å²) >= 11 is 0. The van der Waals surface area contributed by atoms with Crippen LogP contribution >= 0.6 is 0 Å². The molecule has 21 heavy (non-hydrogen) atoms. The van der Waals surface area contributed by atoms with Crippen LogP contribution in [-0.2, 0) is 0 Å². The number of benzene rings is 1. The van der Waals surface area contributed by atoms with E-state index in [1.54, 1.807) is 0 Å². The van der Waals surface area contributed by atoms with Crippen molar-refractivity contribution in [3.8, 4) is 5.75 Å². The van der Waals surface area contributed by atoms with Crippen LogP contribution in [0.25, 0.3) is 0 Å². The van der Waals surface area contributed by atoms with Crippen LogP contribution in [0.4, 0.5) is 0 Å². The van der Waals surface area contributed by atoms with Gasteiger partial charge in [-0.15, -0.1) is 0 Å². The molecule has 1 aliphatic heterocycles. The average Bonchev–Trinajstić information content (AvgIpc) is 2.54. The summed E-state index contributed by atoms with van der Waals surface area (Å²) in [4.78, 5) is 2.64. The highest BCUT2D eigenvalue weighted by atomic mass is 16.5. The Morgan fingerprint density at radius 2 is 1.81 bits per heavy atom. The molecule has 0 unspecified atom stereocenters. The molecule has 2 rings (SSSR count). The highest BCUT2D eigenvalue weighted by molar-refractivity contribution is 5.29. The van der Waals surface area contributed by atoms with Crippen LogP contribution in [0.3, 0.4) is 0 Å². The van der Waals surface area contributed by atoms with E-state index in [0.29, 0.717) is 6.04 Å². The number of rotatable bonds is 8. The lowest BCUT2D eigenvalue weighted by molar-refractivity contribution is 0.162. The lowest BCUT2D eigenvalue weighted by atomic mass is 9.98. The smallest absolute Gasteiger partial charge is 0.119 e. The minimum atomic E-state index is 0.564. The molecule has 1 atom stereocenters. The number of ether oxygens (including phenoxy) is 1. The van der Waals surface area contributed by atoms with Crippen molar-refractivity contribution in [1.29, 1.82) is 0 Å². The van der Waals surface area contributed by atoms with E-state index >= 15 is 0 Å². The van der Waals surface area contributed by atoms with Crippen LogP contribution in [0.15, 0.2) is 24.3 Å². The number of nitrogens with one attached hydrogen (secondary N) is 1. The summed E-state index contributed by atoms with van der Waals surface area (Å²) in [6.45, 7) is 9.58. The molecule has 0 bridgehead atoms. The van der Waals surface area contributed by atoms with Gasteiger partial charge in [-0.3, -0.25) is 4.90 Å². The van der Waals surface area contributed by atoms with Gasteiger partial charge in [0.1, 0.15) is 5.75 Å². The molecule has 0 saturated carbocycles. The van der Waals surface area contributed by atoms with Crippen molar-refractivity contribution in [3.63, 3.8) is 0 Å². The van der Waals surface area contributed by atoms with Gasteiger partial charge in [-0.25, -0.2) is 0 Å². The minimum Gasteiger partial charge on any atom is -0.494 e. The molecule has 1 aromatic rings. The monoisotopic (exact) mass is 290 g/mol. The third-order valence-corrected chi connectivity index (χ3v) is 4.25. The van der Waals surface area contributed by atoms with Gasteiger partial charge < -0.3 is 10.1 Å². The van der Waals surface area contributed by atoms with Crippen molar-refractivity contribution in [2.45, 2.75) is 45.6 Å². The number of piperazine rings is 1. The molecule has 1 heterocycles. The van der Waals surface area contributed by atoms with E-state index < -0.39 is 0 Å². The van der Waals surface area contributed by atoms with E-state index in [2.05, 4.69) is 41.4 Å². The Bertz CT molecular complexity index is 385. The Morgan fingerprint density at radius 3 is 2.43 bits per heavy atom. The maximum Gasteiger partial charge on any atom is 0.119 e. The average molecular weight is 290 g/mol. The third kappa shape index (κ3) is 5.01.